The van der Waals surface area contributed by atoms with Crippen LogP contribution in [0.5, 0.6) is 11.5 Å². The van der Waals surface area contributed by atoms with Gasteiger partial charge >= 0.3 is 0 Å². The summed E-state index contributed by atoms with van der Waals surface area (Å²) in [5.41, 5.74) is 8.99. The van der Waals surface area contributed by atoms with Gasteiger partial charge in [-0.2, -0.15) is 0 Å². The van der Waals surface area contributed by atoms with Crippen LogP contribution in [0, 0.1) is 0 Å². The van der Waals surface area contributed by atoms with Crippen molar-refractivity contribution in [2.24, 2.45) is 10.7 Å². The second kappa shape index (κ2) is 8.24. The van der Waals surface area contributed by atoms with Crippen LogP contribution < -0.4 is 15.8 Å². The largest absolute Gasteiger partial charge is 0.504 e. The molecule has 1 unspecified atom stereocenters. The predicted octanol–water partition coefficient (Wildman–Crippen LogP) is 3.84. The van der Waals surface area contributed by atoms with Crippen molar-refractivity contribution in [1.82, 2.24) is 0 Å². The van der Waals surface area contributed by atoms with Crippen molar-refractivity contribution in [3.8, 4) is 11.5 Å². The molecule has 5 nitrogen and oxygen atoms in total. The highest BCUT2D eigenvalue weighted by atomic mass is 16.5. The van der Waals surface area contributed by atoms with E-state index in [1.165, 1.54) is 12.7 Å². The molecule has 1 atom stereocenters. The van der Waals surface area contributed by atoms with E-state index >= 15 is 0 Å². The van der Waals surface area contributed by atoms with E-state index in [4.69, 9.17) is 10.5 Å². The van der Waals surface area contributed by atoms with Gasteiger partial charge in [0.15, 0.2) is 17.5 Å². The molecule has 24 heavy (non-hydrogen) atoms. The van der Waals surface area contributed by atoms with Crippen molar-refractivity contribution in [2.45, 2.75) is 32.7 Å². The highest BCUT2D eigenvalue weighted by Crippen LogP contribution is 2.26. The van der Waals surface area contributed by atoms with Crippen LogP contribution in [-0.2, 0) is 6.54 Å². The third kappa shape index (κ3) is 4.65. The van der Waals surface area contributed by atoms with Crippen LogP contribution in [0.4, 0.5) is 5.69 Å². The Morgan fingerprint density at radius 2 is 1.96 bits per heavy atom. The molecule has 2 aromatic carbocycles. The highest BCUT2D eigenvalue weighted by molar-refractivity contribution is 5.92. The number of benzene rings is 2. The monoisotopic (exact) mass is 327 g/mol. The maximum absolute atomic E-state index is 9.76. The van der Waals surface area contributed by atoms with E-state index in [1.807, 2.05) is 18.2 Å². The predicted molar refractivity (Wildman–Crippen MR) is 98.8 cm³/mol. The zero-order valence-electron chi connectivity index (χ0n) is 14.4. The number of phenolic OH excluding ortho intramolecular Hbond substituents is 1. The third-order valence-corrected chi connectivity index (χ3v) is 4.04. The number of hydrogen-bond acceptors (Lipinski definition) is 3. The van der Waals surface area contributed by atoms with Gasteiger partial charge in [0, 0.05) is 5.69 Å². The van der Waals surface area contributed by atoms with E-state index < -0.39 is 0 Å². The summed E-state index contributed by atoms with van der Waals surface area (Å²) in [6.07, 6.45) is 1.12. The Labute approximate surface area is 143 Å². The summed E-state index contributed by atoms with van der Waals surface area (Å²) in [5.74, 6) is 1.42. The number of phenols is 1. The Balaban J connectivity index is 1.97. The normalized spacial score (nSPS) is 12.7. The molecule has 4 N–H and O–H groups in total. The summed E-state index contributed by atoms with van der Waals surface area (Å²) in [5, 5.41) is 12.8. The van der Waals surface area contributed by atoms with Crippen LogP contribution in [0.25, 0.3) is 0 Å². The number of guanidine groups is 1. The van der Waals surface area contributed by atoms with Gasteiger partial charge in [0.05, 0.1) is 13.7 Å². The first kappa shape index (κ1) is 17.7. The van der Waals surface area contributed by atoms with Gasteiger partial charge in [-0.3, -0.25) is 0 Å². The molecular formula is C19H25N3O2. The van der Waals surface area contributed by atoms with Crippen molar-refractivity contribution in [1.29, 1.82) is 0 Å². The second-order valence-electron chi connectivity index (χ2n) is 5.76. The molecule has 0 fully saturated rings. The van der Waals surface area contributed by atoms with Crippen molar-refractivity contribution < 1.29 is 9.84 Å². The van der Waals surface area contributed by atoms with Crippen LogP contribution in [0.3, 0.4) is 0 Å². The van der Waals surface area contributed by atoms with E-state index in [-0.39, 0.29) is 5.75 Å². The lowest BCUT2D eigenvalue weighted by Crippen LogP contribution is -2.22. The summed E-state index contributed by atoms with van der Waals surface area (Å²) in [6.45, 7) is 4.77. The molecule has 0 saturated carbocycles. The zero-order chi connectivity index (χ0) is 17.5. The maximum Gasteiger partial charge on any atom is 0.193 e. The minimum Gasteiger partial charge on any atom is -0.504 e. The number of aliphatic imine (C=N–C) groups is 1. The minimum atomic E-state index is 0.0948. The third-order valence-electron chi connectivity index (χ3n) is 4.04. The summed E-state index contributed by atoms with van der Waals surface area (Å²) < 4.78 is 5.02. The van der Waals surface area contributed by atoms with Crippen molar-refractivity contribution in [3.05, 3.63) is 53.6 Å². The van der Waals surface area contributed by atoms with Crippen molar-refractivity contribution in [3.63, 3.8) is 0 Å². The zero-order valence-corrected chi connectivity index (χ0v) is 14.4. The topological polar surface area (TPSA) is 79.9 Å². The fourth-order valence-electron chi connectivity index (χ4n) is 2.33. The Kier molecular flexibility index (Phi) is 6.07. The number of hydrogen-bond donors (Lipinski definition) is 3. The van der Waals surface area contributed by atoms with Gasteiger partial charge in [0.1, 0.15) is 0 Å². The van der Waals surface area contributed by atoms with Crippen molar-refractivity contribution >= 4 is 11.6 Å². The molecule has 0 saturated heterocycles. The molecule has 0 aliphatic heterocycles. The van der Waals surface area contributed by atoms with Crippen molar-refractivity contribution in [2.75, 3.05) is 12.4 Å². The molecule has 0 aliphatic carbocycles. The Bertz CT molecular complexity index is 696. The Hall–Kier alpha value is -2.69. The van der Waals surface area contributed by atoms with Gasteiger partial charge in [-0.25, -0.2) is 4.99 Å². The lowest BCUT2D eigenvalue weighted by atomic mass is 9.99. The summed E-state index contributed by atoms with van der Waals surface area (Å²) in [7, 11) is 1.52. The number of nitrogens with two attached hydrogens (primary N) is 1. The smallest absolute Gasteiger partial charge is 0.193 e. The molecule has 5 heteroatoms. The second-order valence-corrected chi connectivity index (χ2v) is 5.76. The van der Waals surface area contributed by atoms with E-state index in [0.717, 1.165) is 17.7 Å². The standard InChI is InChI=1S/C19H25N3O2/c1-4-13(2)15-6-8-16(9-7-15)22-19(20)21-12-14-5-10-18(24-3)17(23)11-14/h5-11,13,23H,4,12H2,1-3H3,(H3,20,21,22). The molecule has 2 aromatic rings. The average Bonchev–Trinajstić information content (AvgIpc) is 2.60. The van der Waals surface area contributed by atoms with Gasteiger partial charge < -0.3 is 20.9 Å². The first-order valence-corrected chi connectivity index (χ1v) is 8.06. The maximum atomic E-state index is 9.76. The summed E-state index contributed by atoms with van der Waals surface area (Å²) >= 11 is 0. The van der Waals surface area contributed by atoms with Gasteiger partial charge in [-0.15, -0.1) is 0 Å². The van der Waals surface area contributed by atoms with Crippen LogP contribution in [0.15, 0.2) is 47.5 Å². The van der Waals surface area contributed by atoms with E-state index in [2.05, 4.69) is 36.3 Å². The minimum absolute atomic E-state index is 0.0948. The molecule has 0 amide bonds. The average molecular weight is 327 g/mol. The fraction of sp³-hybridized carbons (Fsp3) is 0.316. The molecule has 0 aliphatic rings. The molecule has 0 aromatic heterocycles. The lowest BCUT2D eigenvalue weighted by molar-refractivity contribution is 0.373. The number of methoxy groups -OCH3 is 1. The van der Waals surface area contributed by atoms with Crippen LogP contribution >= 0.6 is 0 Å². The number of anilines is 1. The first-order valence-electron chi connectivity index (χ1n) is 8.06. The number of ether oxygens (including phenoxy) is 1. The molecule has 2 rings (SSSR count). The fourth-order valence-corrected chi connectivity index (χ4v) is 2.33. The first-order chi connectivity index (χ1) is 11.5. The molecule has 0 spiro atoms. The van der Waals surface area contributed by atoms with Gasteiger partial charge in [-0.1, -0.05) is 32.0 Å². The Morgan fingerprint density at radius 3 is 2.54 bits per heavy atom. The molecule has 128 valence electrons. The number of rotatable bonds is 6. The van der Waals surface area contributed by atoms with E-state index in [1.54, 1.807) is 12.1 Å². The van der Waals surface area contributed by atoms with Gasteiger partial charge in [0.2, 0.25) is 0 Å². The van der Waals surface area contributed by atoms with Crippen LogP contribution in [0.1, 0.15) is 37.3 Å². The van der Waals surface area contributed by atoms with Crippen LogP contribution in [0.2, 0.25) is 0 Å². The van der Waals surface area contributed by atoms with E-state index in [0.29, 0.717) is 24.2 Å². The van der Waals surface area contributed by atoms with Crippen LogP contribution in [-0.4, -0.2) is 18.2 Å². The molecular weight excluding hydrogens is 302 g/mol. The SMILES string of the molecule is CCC(C)c1ccc(NC(N)=NCc2ccc(OC)c(O)c2)cc1. The number of nitrogens with zero attached hydrogens (tertiary/aromatic N) is 1. The van der Waals surface area contributed by atoms with Gasteiger partial charge in [0.25, 0.3) is 0 Å². The van der Waals surface area contributed by atoms with Gasteiger partial charge in [-0.05, 0) is 47.7 Å². The highest BCUT2D eigenvalue weighted by Gasteiger charge is 2.04. The summed E-state index contributed by atoms with van der Waals surface area (Å²) in [6, 6.07) is 13.4. The van der Waals surface area contributed by atoms with E-state index in [9.17, 15) is 5.11 Å². The summed E-state index contributed by atoms with van der Waals surface area (Å²) in [4.78, 5) is 4.29. The molecule has 0 heterocycles. The Morgan fingerprint density at radius 1 is 1.25 bits per heavy atom. The quantitative estimate of drug-likeness (QED) is 0.556. The molecule has 0 bridgehead atoms. The molecule has 0 radical (unpaired) electrons. The lowest BCUT2D eigenvalue weighted by Gasteiger charge is -2.11. The number of nitrogens with one attached hydrogen (secondary N) is 1. The number of aromatic hydroxyl groups is 1.